The summed E-state index contributed by atoms with van der Waals surface area (Å²) in [6.07, 6.45) is 2.54. The maximum absolute atomic E-state index is 12.7. The van der Waals surface area contributed by atoms with Crippen molar-refractivity contribution in [1.82, 2.24) is 19.6 Å². The van der Waals surface area contributed by atoms with Crippen LogP contribution in [0.4, 0.5) is 5.82 Å². The summed E-state index contributed by atoms with van der Waals surface area (Å²) in [5.41, 5.74) is 3.04. The fourth-order valence-corrected chi connectivity index (χ4v) is 4.03. The smallest absolute Gasteiger partial charge is 0.253 e. The summed E-state index contributed by atoms with van der Waals surface area (Å²) >= 11 is 0. The molecule has 0 unspecified atom stereocenters. The number of carbonyl (C=O) groups excluding carboxylic acids is 2. The number of aryl methyl sites for hydroxylation is 1. The van der Waals surface area contributed by atoms with Gasteiger partial charge in [-0.25, -0.2) is 4.68 Å². The summed E-state index contributed by atoms with van der Waals surface area (Å²) in [6, 6.07) is 19.4. The van der Waals surface area contributed by atoms with Gasteiger partial charge in [-0.3, -0.25) is 14.5 Å². The van der Waals surface area contributed by atoms with E-state index in [2.05, 4.69) is 40.4 Å². The van der Waals surface area contributed by atoms with E-state index in [0.717, 1.165) is 18.5 Å². The minimum absolute atomic E-state index is 0.0527. The highest BCUT2D eigenvalue weighted by Gasteiger charge is 2.21. The summed E-state index contributed by atoms with van der Waals surface area (Å²) in [5.74, 6) is 0.669. The van der Waals surface area contributed by atoms with Crippen molar-refractivity contribution in [2.45, 2.75) is 19.9 Å². The zero-order chi connectivity index (χ0) is 22.3. The SMILES string of the molecule is Cc1cccc(Cn2nccc2NC(=O)CN2CCCN(C(=O)c3ccccc3)CC2)c1. The minimum atomic E-state index is -0.0705. The van der Waals surface area contributed by atoms with Gasteiger partial charge in [0.1, 0.15) is 5.82 Å². The van der Waals surface area contributed by atoms with Crippen LogP contribution in [-0.2, 0) is 11.3 Å². The Labute approximate surface area is 188 Å². The van der Waals surface area contributed by atoms with Crippen LogP contribution >= 0.6 is 0 Å². The van der Waals surface area contributed by atoms with Gasteiger partial charge in [0, 0.05) is 37.8 Å². The molecule has 0 saturated carbocycles. The molecule has 1 aliphatic rings. The van der Waals surface area contributed by atoms with Crippen LogP contribution in [0.1, 0.15) is 27.9 Å². The third-order valence-electron chi connectivity index (χ3n) is 5.66. The topological polar surface area (TPSA) is 70.5 Å². The quantitative estimate of drug-likeness (QED) is 0.651. The number of hydrogen-bond donors (Lipinski definition) is 1. The Morgan fingerprint density at radius 3 is 2.62 bits per heavy atom. The second-order valence-corrected chi connectivity index (χ2v) is 8.20. The van der Waals surface area contributed by atoms with Gasteiger partial charge in [0.2, 0.25) is 5.91 Å². The molecule has 7 nitrogen and oxygen atoms in total. The zero-order valence-corrected chi connectivity index (χ0v) is 18.4. The van der Waals surface area contributed by atoms with Crippen LogP contribution in [-0.4, -0.2) is 64.1 Å². The maximum atomic E-state index is 12.7. The Bertz CT molecular complexity index is 1060. The summed E-state index contributed by atoms with van der Waals surface area (Å²) < 4.78 is 1.80. The zero-order valence-electron chi connectivity index (χ0n) is 18.4. The Balaban J connectivity index is 1.30. The maximum Gasteiger partial charge on any atom is 0.253 e. The van der Waals surface area contributed by atoms with Crippen LogP contribution in [0.2, 0.25) is 0 Å². The van der Waals surface area contributed by atoms with Crippen molar-refractivity contribution < 1.29 is 9.59 Å². The number of rotatable bonds is 6. The summed E-state index contributed by atoms with van der Waals surface area (Å²) in [6.45, 7) is 5.74. The number of anilines is 1. The van der Waals surface area contributed by atoms with Crippen LogP contribution in [0, 0.1) is 6.92 Å². The lowest BCUT2D eigenvalue weighted by molar-refractivity contribution is -0.117. The van der Waals surface area contributed by atoms with Gasteiger partial charge in [0.15, 0.2) is 0 Å². The van der Waals surface area contributed by atoms with E-state index < -0.39 is 0 Å². The molecule has 1 fully saturated rings. The average molecular weight is 432 g/mol. The lowest BCUT2D eigenvalue weighted by Crippen LogP contribution is -2.38. The average Bonchev–Trinajstić information content (AvgIpc) is 3.08. The Morgan fingerprint density at radius 2 is 1.81 bits per heavy atom. The largest absolute Gasteiger partial charge is 0.337 e. The molecule has 2 aromatic carbocycles. The lowest BCUT2D eigenvalue weighted by atomic mass is 10.1. The van der Waals surface area contributed by atoms with Crippen molar-refractivity contribution in [3.8, 4) is 0 Å². The Kier molecular flexibility index (Phi) is 6.97. The van der Waals surface area contributed by atoms with Crippen molar-refractivity contribution in [1.29, 1.82) is 0 Å². The second-order valence-electron chi connectivity index (χ2n) is 8.20. The van der Waals surface area contributed by atoms with Gasteiger partial charge in [-0.05, 0) is 31.0 Å². The van der Waals surface area contributed by atoms with Gasteiger partial charge in [-0.15, -0.1) is 0 Å². The molecule has 166 valence electrons. The van der Waals surface area contributed by atoms with E-state index in [1.165, 1.54) is 5.56 Å². The van der Waals surface area contributed by atoms with E-state index >= 15 is 0 Å². The van der Waals surface area contributed by atoms with E-state index in [1.807, 2.05) is 47.4 Å². The third-order valence-corrected chi connectivity index (χ3v) is 5.66. The first kappa shape index (κ1) is 21.8. The van der Waals surface area contributed by atoms with E-state index in [-0.39, 0.29) is 11.8 Å². The fraction of sp³-hybridized carbons (Fsp3) is 0.320. The molecule has 0 bridgehead atoms. The fourth-order valence-electron chi connectivity index (χ4n) is 4.03. The molecule has 2 heterocycles. The molecule has 1 aliphatic heterocycles. The molecule has 7 heteroatoms. The monoisotopic (exact) mass is 431 g/mol. The van der Waals surface area contributed by atoms with Gasteiger partial charge < -0.3 is 10.2 Å². The molecule has 4 rings (SSSR count). The molecule has 1 aromatic heterocycles. The number of carbonyl (C=O) groups is 2. The summed E-state index contributed by atoms with van der Waals surface area (Å²) in [4.78, 5) is 29.4. The van der Waals surface area contributed by atoms with Crippen molar-refractivity contribution >= 4 is 17.6 Å². The summed E-state index contributed by atoms with van der Waals surface area (Å²) in [5, 5.41) is 7.35. The van der Waals surface area contributed by atoms with Crippen molar-refractivity contribution in [2.75, 3.05) is 38.0 Å². The molecule has 32 heavy (non-hydrogen) atoms. The molecule has 0 spiro atoms. The number of nitrogens with one attached hydrogen (secondary N) is 1. The summed E-state index contributed by atoms with van der Waals surface area (Å²) in [7, 11) is 0. The highest BCUT2D eigenvalue weighted by molar-refractivity contribution is 5.94. The Hall–Kier alpha value is -3.45. The molecule has 1 N–H and O–H groups in total. The highest BCUT2D eigenvalue weighted by Crippen LogP contribution is 2.13. The van der Waals surface area contributed by atoms with Crippen LogP contribution < -0.4 is 5.32 Å². The number of aromatic nitrogens is 2. The van der Waals surface area contributed by atoms with E-state index in [9.17, 15) is 9.59 Å². The predicted octanol–water partition coefficient (Wildman–Crippen LogP) is 3.03. The molecule has 0 atom stereocenters. The molecule has 0 aliphatic carbocycles. The van der Waals surface area contributed by atoms with Gasteiger partial charge in [-0.1, -0.05) is 48.0 Å². The van der Waals surface area contributed by atoms with Gasteiger partial charge in [-0.2, -0.15) is 5.10 Å². The first-order chi connectivity index (χ1) is 15.6. The standard InChI is InChI=1S/C25H29N5O2/c1-20-7-5-8-21(17-20)18-30-23(11-12-26-30)27-24(31)19-28-13-6-14-29(16-15-28)25(32)22-9-3-2-4-10-22/h2-5,7-12,17H,6,13-16,18-19H2,1H3,(H,27,31). The number of nitrogens with zero attached hydrogens (tertiary/aromatic N) is 4. The predicted molar refractivity (Wildman–Crippen MR) is 125 cm³/mol. The lowest BCUT2D eigenvalue weighted by Gasteiger charge is -2.22. The van der Waals surface area contributed by atoms with Crippen LogP contribution in [0.5, 0.6) is 0 Å². The molecular formula is C25H29N5O2. The molecule has 2 amide bonds. The normalized spacial score (nSPS) is 14.7. The van der Waals surface area contributed by atoms with Gasteiger partial charge in [0.25, 0.3) is 5.91 Å². The first-order valence-electron chi connectivity index (χ1n) is 11.0. The number of hydrogen-bond acceptors (Lipinski definition) is 4. The van der Waals surface area contributed by atoms with E-state index in [4.69, 9.17) is 0 Å². The van der Waals surface area contributed by atoms with Crippen LogP contribution in [0.15, 0.2) is 66.9 Å². The van der Waals surface area contributed by atoms with Crippen molar-refractivity contribution in [3.63, 3.8) is 0 Å². The van der Waals surface area contributed by atoms with Crippen molar-refractivity contribution in [3.05, 3.63) is 83.6 Å². The minimum Gasteiger partial charge on any atom is -0.337 e. The van der Waals surface area contributed by atoms with Crippen LogP contribution in [0.25, 0.3) is 0 Å². The van der Waals surface area contributed by atoms with Crippen LogP contribution in [0.3, 0.4) is 0 Å². The van der Waals surface area contributed by atoms with Gasteiger partial charge in [0.05, 0.1) is 19.3 Å². The molecular weight excluding hydrogens is 402 g/mol. The molecule has 3 aromatic rings. The Morgan fingerprint density at radius 1 is 0.969 bits per heavy atom. The van der Waals surface area contributed by atoms with Gasteiger partial charge >= 0.3 is 0 Å². The number of amides is 2. The highest BCUT2D eigenvalue weighted by atomic mass is 16.2. The third kappa shape index (κ3) is 5.62. The molecule has 1 saturated heterocycles. The van der Waals surface area contributed by atoms with E-state index in [1.54, 1.807) is 10.9 Å². The molecule has 0 radical (unpaired) electrons. The number of benzene rings is 2. The first-order valence-corrected chi connectivity index (χ1v) is 11.0. The second kappa shape index (κ2) is 10.2. The van der Waals surface area contributed by atoms with E-state index in [0.29, 0.717) is 44.1 Å². The van der Waals surface area contributed by atoms with Crippen molar-refractivity contribution in [2.24, 2.45) is 0 Å².